The van der Waals surface area contributed by atoms with Gasteiger partial charge in [0.25, 0.3) is 0 Å². The molecule has 0 saturated carbocycles. The third kappa shape index (κ3) is 3.99. The molecule has 7 nitrogen and oxygen atoms in total. The summed E-state index contributed by atoms with van der Waals surface area (Å²) in [5.41, 5.74) is 0.776. The summed E-state index contributed by atoms with van der Waals surface area (Å²) in [7, 11) is 0. The molecule has 178 valence electrons. The number of nitrogens with zero attached hydrogens (tertiary/aromatic N) is 1. The molecule has 3 aliphatic heterocycles. The molecule has 1 amide bonds. The molecule has 1 saturated heterocycles. The van der Waals surface area contributed by atoms with E-state index in [0.29, 0.717) is 48.4 Å². The minimum atomic E-state index is -2.98. The van der Waals surface area contributed by atoms with Crippen molar-refractivity contribution in [3.63, 3.8) is 0 Å². The first-order valence-electron chi connectivity index (χ1n) is 11.1. The van der Waals surface area contributed by atoms with E-state index >= 15 is 0 Å². The van der Waals surface area contributed by atoms with Gasteiger partial charge < -0.3 is 19.1 Å². The number of hydrogen-bond acceptors (Lipinski definition) is 6. The van der Waals surface area contributed by atoms with Crippen LogP contribution < -0.4 is 14.2 Å². The van der Waals surface area contributed by atoms with Gasteiger partial charge in [-0.3, -0.25) is 14.4 Å². The number of hydrogen-bond donors (Lipinski definition) is 0. The first-order chi connectivity index (χ1) is 16.2. The van der Waals surface area contributed by atoms with Gasteiger partial charge in [-0.05, 0) is 29.8 Å². The average Bonchev–Trinajstić information content (AvgIpc) is 2.78. The predicted molar refractivity (Wildman–Crippen MR) is 115 cm³/mol. The number of esters is 1. The van der Waals surface area contributed by atoms with Crippen LogP contribution in [0.4, 0.5) is 8.78 Å². The Morgan fingerprint density at radius 2 is 1.94 bits per heavy atom. The molecule has 9 heteroatoms. The fraction of sp³-hybridized carbons (Fsp3) is 0.400. The summed E-state index contributed by atoms with van der Waals surface area (Å²) in [5.74, 6) is -0.507. The number of alkyl halides is 2. The maximum atomic E-state index is 13.2. The lowest BCUT2D eigenvalue weighted by Crippen LogP contribution is -2.52. The van der Waals surface area contributed by atoms with E-state index in [0.717, 1.165) is 0 Å². The van der Waals surface area contributed by atoms with Crippen molar-refractivity contribution >= 4 is 17.7 Å². The van der Waals surface area contributed by atoms with Gasteiger partial charge in [0.1, 0.15) is 22.8 Å². The summed E-state index contributed by atoms with van der Waals surface area (Å²) >= 11 is 0. The molecule has 3 aliphatic rings. The molecule has 1 spiro atoms. The van der Waals surface area contributed by atoms with E-state index in [4.69, 9.17) is 9.47 Å². The number of amides is 1. The van der Waals surface area contributed by atoms with Gasteiger partial charge >= 0.3 is 12.6 Å². The van der Waals surface area contributed by atoms with Gasteiger partial charge in [0.2, 0.25) is 5.91 Å². The number of halogens is 2. The second-order valence-corrected chi connectivity index (χ2v) is 8.93. The zero-order valence-corrected chi connectivity index (χ0v) is 18.5. The van der Waals surface area contributed by atoms with Crippen LogP contribution in [-0.4, -0.2) is 47.9 Å². The van der Waals surface area contributed by atoms with Crippen LogP contribution in [0.25, 0.3) is 0 Å². The van der Waals surface area contributed by atoms with Crippen LogP contribution in [0.15, 0.2) is 36.4 Å². The Bertz CT molecular complexity index is 1170. The van der Waals surface area contributed by atoms with Gasteiger partial charge in [-0.1, -0.05) is 12.1 Å². The lowest BCUT2D eigenvalue weighted by molar-refractivity contribution is -0.135. The molecule has 2 aromatic carbocycles. The zero-order chi connectivity index (χ0) is 24.0. The fourth-order valence-electron chi connectivity index (χ4n) is 5.10. The normalized spacial score (nSPS) is 20.9. The molecule has 34 heavy (non-hydrogen) atoms. The Morgan fingerprint density at radius 3 is 2.65 bits per heavy atom. The first kappa shape index (κ1) is 22.3. The van der Waals surface area contributed by atoms with Crippen molar-refractivity contribution in [3.8, 4) is 17.2 Å². The topological polar surface area (TPSA) is 82.1 Å². The van der Waals surface area contributed by atoms with Crippen molar-refractivity contribution in [3.05, 3.63) is 53.1 Å². The largest absolute Gasteiger partial charge is 0.485 e. The average molecular weight is 471 g/mol. The Labute approximate surface area is 194 Å². The second-order valence-electron chi connectivity index (χ2n) is 8.93. The minimum absolute atomic E-state index is 0.0207. The number of benzene rings is 2. The number of fused-ring (bicyclic) bond motifs is 3. The van der Waals surface area contributed by atoms with Crippen LogP contribution in [0, 0.1) is 0 Å². The van der Waals surface area contributed by atoms with Crippen molar-refractivity contribution in [2.75, 3.05) is 13.1 Å². The summed E-state index contributed by atoms with van der Waals surface area (Å²) in [6, 6.07) is 9.35. The highest BCUT2D eigenvalue weighted by Crippen LogP contribution is 2.50. The second kappa shape index (κ2) is 8.38. The number of ether oxygens (including phenoxy) is 3. The minimum Gasteiger partial charge on any atom is -0.485 e. The summed E-state index contributed by atoms with van der Waals surface area (Å²) in [6.45, 7) is -0.494. The van der Waals surface area contributed by atoms with E-state index in [9.17, 15) is 23.2 Å². The quantitative estimate of drug-likeness (QED) is 0.496. The lowest BCUT2D eigenvalue weighted by atomic mass is 9.79. The van der Waals surface area contributed by atoms with E-state index in [1.165, 1.54) is 19.1 Å². The summed E-state index contributed by atoms with van der Waals surface area (Å²) in [4.78, 5) is 39.0. The SMILES string of the molecule is CC(=O)N1CCC2(CC1)CC(=O)c1ccc3c(c1O2)C(c1cccc(OC(F)F)c1)CC(=O)O3. The molecule has 1 unspecified atom stereocenters. The highest BCUT2D eigenvalue weighted by atomic mass is 19.3. The van der Waals surface area contributed by atoms with E-state index in [1.807, 2.05) is 0 Å². The molecule has 3 heterocycles. The molecular weight excluding hydrogens is 448 g/mol. The van der Waals surface area contributed by atoms with Crippen LogP contribution in [0.2, 0.25) is 0 Å². The van der Waals surface area contributed by atoms with Crippen LogP contribution in [0.3, 0.4) is 0 Å². The van der Waals surface area contributed by atoms with Crippen molar-refractivity contribution < 1.29 is 37.4 Å². The molecule has 0 bridgehead atoms. The third-order valence-electron chi connectivity index (χ3n) is 6.81. The standard InChI is InChI=1S/C25H23F2NO6/c1-14(29)28-9-7-25(8-10-28)13-19(30)17-5-6-20-22(23(17)34-25)18(12-21(31)33-20)15-3-2-4-16(11-15)32-24(26)27/h2-6,11,18,24H,7-10,12-13H2,1H3. The van der Waals surface area contributed by atoms with E-state index in [1.54, 1.807) is 29.2 Å². The van der Waals surface area contributed by atoms with Gasteiger partial charge in [0, 0.05) is 44.3 Å². The van der Waals surface area contributed by atoms with E-state index in [2.05, 4.69) is 4.74 Å². The first-order valence-corrected chi connectivity index (χ1v) is 11.1. The Balaban J connectivity index is 1.56. The van der Waals surface area contributed by atoms with Crippen molar-refractivity contribution in [1.82, 2.24) is 4.90 Å². The molecule has 0 aromatic heterocycles. The molecule has 1 fully saturated rings. The Morgan fingerprint density at radius 1 is 1.18 bits per heavy atom. The number of Topliss-reactive ketones (excluding diaryl/α,β-unsaturated/α-hetero) is 1. The summed E-state index contributed by atoms with van der Waals surface area (Å²) in [5, 5.41) is 0. The number of likely N-dealkylation sites (tertiary alicyclic amines) is 1. The number of ketones is 1. The molecule has 2 aromatic rings. The van der Waals surface area contributed by atoms with Crippen molar-refractivity contribution in [2.24, 2.45) is 0 Å². The van der Waals surface area contributed by atoms with E-state index < -0.39 is 24.1 Å². The zero-order valence-electron chi connectivity index (χ0n) is 18.5. The maximum Gasteiger partial charge on any atom is 0.387 e. The molecular formula is C25H23F2NO6. The Kier molecular flexibility index (Phi) is 5.50. The third-order valence-corrected chi connectivity index (χ3v) is 6.81. The van der Waals surface area contributed by atoms with Gasteiger partial charge in [0.15, 0.2) is 5.78 Å². The van der Waals surface area contributed by atoms with Gasteiger partial charge in [-0.25, -0.2) is 0 Å². The molecule has 0 radical (unpaired) electrons. The lowest BCUT2D eigenvalue weighted by Gasteiger charge is -2.45. The summed E-state index contributed by atoms with van der Waals surface area (Å²) in [6.07, 6.45) is 1.17. The monoisotopic (exact) mass is 471 g/mol. The maximum absolute atomic E-state index is 13.2. The fourth-order valence-corrected chi connectivity index (χ4v) is 5.10. The van der Waals surface area contributed by atoms with E-state index in [-0.39, 0.29) is 36.0 Å². The van der Waals surface area contributed by atoms with Gasteiger partial charge in [-0.2, -0.15) is 8.78 Å². The number of carbonyl (C=O) groups is 3. The molecule has 5 rings (SSSR count). The van der Waals surface area contributed by atoms with Gasteiger partial charge in [0.05, 0.1) is 18.4 Å². The van der Waals surface area contributed by atoms with Crippen LogP contribution in [0.5, 0.6) is 17.2 Å². The number of rotatable bonds is 3. The molecule has 0 N–H and O–H groups in total. The van der Waals surface area contributed by atoms with Crippen molar-refractivity contribution in [2.45, 2.75) is 50.7 Å². The highest BCUT2D eigenvalue weighted by Gasteiger charge is 2.46. The Hall–Kier alpha value is -3.49. The number of carbonyl (C=O) groups excluding carboxylic acids is 3. The predicted octanol–water partition coefficient (Wildman–Crippen LogP) is 4.08. The van der Waals surface area contributed by atoms with Crippen LogP contribution in [-0.2, 0) is 9.59 Å². The number of piperidine rings is 1. The van der Waals surface area contributed by atoms with Crippen molar-refractivity contribution in [1.29, 1.82) is 0 Å². The van der Waals surface area contributed by atoms with Crippen LogP contribution >= 0.6 is 0 Å². The smallest absolute Gasteiger partial charge is 0.387 e. The molecule has 1 atom stereocenters. The summed E-state index contributed by atoms with van der Waals surface area (Å²) < 4.78 is 42.1. The highest BCUT2D eigenvalue weighted by molar-refractivity contribution is 6.01. The van der Waals surface area contributed by atoms with Gasteiger partial charge in [-0.15, -0.1) is 0 Å². The van der Waals surface area contributed by atoms with Crippen LogP contribution in [0.1, 0.15) is 60.0 Å². The molecule has 0 aliphatic carbocycles.